The molecule has 0 radical (unpaired) electrons. The van der Waals surface area contributed by atoms with Crippen molar-refractivity contribution in [2.24, 2.45) is 0 Å². The van der Waals surface area contributed by atoms with Gasteiger partial charge >= 0.3 is 0 Å². The van der Waals surface area contributed by atoms with E-state index in [1.165, 1.54) is 54.2 Å². The standard InChI is InChI=1S/C56H40N4/c1-37-13-11-23-51-53(37)59(49-31-27-41-17-5-9-21-45(41)35-49)55(57(51)47-29-25-39-15-3-7-19-43(39)33-47)56-58(48-30-26-40-16-4-8-20-44(40)34-48)52-24-12-14-38(2)54(52)60(56)50-32-28-42-18-6-10-22-46(42)36-50/h3-36H,1-2H3/b56-55+. The van der Waals surface area contributed by atoms with Crippen molar-refractivity contribution in [2.75, 3.05) is 19.6 Å². The maximum absolute atomic E-state index is 2.52. The fourth-order valence-electron chi connectivity index (χ4n) is 9.56. The Labute approximate surface area is 349 Å². The molecule has 2 aliphatic heterocycles. The average Bonchev–Trinajstić information content (AvgIpc) is 3.83. The molecule has 60 heavy (non-hydrogen) atoms. The number of benzene rings is 10. The lowest BCUT2D eigenvalue weighted by atomic mass is 10.1. The van der Waals surface area contributed by atoms with E-state index in [2.05, 4.69) is 240 Å². The molecule has 0 aromatic heterocycles. The Morgan fingerprint density at radius 3 is 0.850 bits per heavy atom. The molecule has 0 atom stereocenters. The minimum Gasteiger partial charge on any atom is -0.291 e. The molecule has 0 fully saturated rings. The summed E-state index contributed by atoms with van der Waals surface area (Å²) >= 11 is 0. The number of para-hydroxylation sites is 2. The third kappa shape index (κ3) is 5.24. The Kier molecular flexibility index (Phi) is 7.63. The second kappa shape index (κ2) is 13.4. The zero-order valence-electron chi connectivity index (χ0n) is 33.4. The maximum Gasteiger partial charge on any atom is 0.166 e. The second-order valence-corrected chi connectivity index (χ2v) is 16.0. The van der Waals surface area contributed by atoms with Gasteiger partial charge in [0.15, 0.2) is 11.6 Å². The highest BCUT2D eigenvalue weighted by molar-refractivity contribution is 6.04. The van der Waals surface area contributed by atoms with Gasteiger partial charge in [-0.2, -0.15) is 0 Å². The topological polar surface area (TPSA) is 13.0 Å². The van der Waals surface area contributed by atoms with Gasteiger partial charge in [-0.15, -0.1) is 0 Å². The summed E-state index contributed by atoms with van der Waals surface area (Å²) in [6.45, 7) is 4.49. The Bertz CT molecular complexity index is 3170. The first-order chi connectivity index (χ1) is 29.6. The second-order valence-electron chi connectivity index (χ2n) is 16.0. The lowest BCUT2D eigenvalue weighted by Crippen LogP contribution is -2.33. The van der Waals surface area contributed by atoms with Crippen molar-refractivity contribution in [1.29, 1.82) is 0 Å². The van der Waals surface area contributed by atoms with Gasteiger partial charge < -0.3 is 0 Å². The first-order valence-electron chi connectivity index (χ1n) is 20.7. The van der Waals surface area contributed by atoms with Crippen LogP contribution < -0.4 is 19.6 Å². The number of fused-ring (bicyclic) bond motifs is 6. The van der Waals surface area contributed by atoms with Crippen LogP contribution in [0.4, 0.5) is 45.5 Å². The van der Waals surface area contributed by atoms with Crippen molar-refractivity contribution < 1.29 is 0 Å². The van der Waals surface area contributed by atoms with Gasteiger partial charge in [-0.3, -0.25) is 19.6 Å². The van der Waals surface area contributed by atoms with Crippen molar-refractivity contribution in [1.82, 2.24) is 0 Å². The van der Waals surface area contributed by atoms with Gasteiger partial charge in [0.2, 0.25) is 0 Å². The Morgan fingerprint density at radius 1 is 0.250 bits per heavy atom. The number of aryl methyl sites for hydroxylation is 2. The predicted octanol–water partition coefficient (Wildman–Crippen LogP) is 15.3. The molecule has 0 spiro atoms. The molecule has 0 saturated carbocycles. The fraction of sp³-hybridized carbons (Fsp3) is 0.0357. The summed E-state index contributed by atoms with van der Waals surface area (Å²) in [6.07, 6.45) is 0. The monoisotopic (exact) mass is 768 g/mol. The summed E-state index contributed by atoms with van der Waals surface area (Å²) in [5, 5.41) is 9.64. The average molecular weight is 769 g/mol. The van der Waals surface area contributed by atoms with Crippen LogP contribution in [0.25, 0.3) is 43.1 Å². The van der Waals surface area contributed by atoms with E-state index in [9.17, 15) is 0 Å². The van der Waals surface area contributed by atoms with Crippen LogP contribution in [-0.2, 0) is 0 Å². The highest BCUT2D eigenvalue weighted by atomic mass is 15.5. The highest BCUT2D eigenvalue weighted by Gasteiger charge is 2.45. The van der Waals surface area contributed by atoms with E-state index in [0.29, 0.717) is 0 Å². The van der Waals surface area contributed by atoms with Gasteiger partial charge in [-0.05, 0) is 129 Å². The minimum absolute atomic E-state index is 1.04. The number of nitrogens with zero attached hydrogens (tertiary/aromatic N) is 4. The zero-order chi connectivity index (χ0) is 39.9. The van der Waals surface area contributed by atoms with Crippen molar-refractivity contribution >= 4 is 88.6 Å². The van der Waals surface area contributed by atoms with Gasteiger partial charge in [-0.25, -0.2) is 0 Å². The first-order valence-corrected chi connectivity index (χ1v) is 20.7. The van der Waals surface area contributed by atoms with E-state index in [4.69, 9.17) is 0 Å². The summed E-state index contributed by atoms with van der Waals surface area (Å²) in [5.41, 5.74) is 11.4. The number of hydrogen-bond acceptors (Lipinski definition) is 4. The summed E-state index contributed by atoms with van der Waals surface area (Å²) < 4.78 is 0. The lowest BCUT2D eigenvalue weighted by Gasteiger charge is -2.34. The molecule has 2 aliphatic rings. The molecule has 4 nitrogen and oxygen atoms in total. The fourth-order valence-corrected chi connectivity index (χ4v) is 9.56. The van der Waals surface area contributed by atoms with E-state index >= 15 is 0 Å². The number of anilines is 8. The van der Waals surface area contributed by atoms with Crippen molar-refractivity contribution in [3.8, 4) is 0 Å². The SMILES string of the molecule is Cc1cccc2c1N(c1ccc3ccccc3c1)/C(=C1\N(c3ccc4ccccc4c3)c3cccc(C)c3N1c1ccc3ccccc3c1)N2c1ccc2ccccc2c1. The van der Waals surface area contributed by atoms with E-state index < -0.39 is 0 Å². The molecular weight excluding hydrogens is 729 g/mol. The molecule has 0 saturated heterocycles. The van der Waals surface area contributed by atoms with Crippen LogP contribution in [0, 0.1) is 13.8 Å². The van der Waals surface area contributed by atoms with Gasteiger partial charge in [0.25, 0.3) is 0 Å². The molecule has 12 rings (SSSR count). The molecule has 10 aromatic rings. The Balaban J connectivity index is 1.25. The van der Waals surface area contributed by atoms with Crippen molar-refractivity contribution in [3.63, 3.8) is 0 Å². The lowest BCUT2D eigenvalue weighted by molar-refractivity contribution is 1.01. The van der Waals surface area contributed by atoms with E-state index in [1.807, 2.05) is 0 Å². The zero-order valence-corrected chi connectivity index (χ0v) is 33.4. The van der Waals surface area contributed by atoms with Gasteiger partial charge in [0.1, 0.15) is 0 Å². The summed E-state index contributed by atoms with van der Waals surface area (Å²) in [6, 6.07) is 75.7. The van der Waals surface area contributed by atoms with E-state index in [-0.39, 0.29) is 0 Å². The maximum atomic E-state index is 2.52. The summed E-state index contributed by atoms with van der Waals surface area (Å²) in [7, 11) is 0. The van der Waals surface area contributed by atoms with Crippen LogP contribution in [0.5, 0.6) is 0 Å². The minimum atomic E-state index is 1.04. The third-order valence-electron chi connectivity index (χ3n) is 12.4. The molecule has 4 heteroatoms. The van der Waals surface area contributed by atoms with Crippen LogP contribution >= 0.6 is 0 Å². The molecule has 0 aliphatic carbocycles. The Morgan fingerprint density at radius 2 is 0.533 bits per heavy atom. The van der Waals surface area contributed by atoms with Crippen LogP contribution in [-0.4, -0.2) is 0 Å². The van der Waals surface area contributed by atoms with Gasteiger partial charge in [0.05, 0.1) is 22.7 Å². The van der Waals surface area contributed by atoms with Gasteiger partial charge in [0, 0.05) is 22.7 Å². The third-order valence-corrected chi connectivity index (χ3v) is 12.4. The van der Waals surface area contributed by atoms with E-state index in [1.54, 1.807) is 0 Å². The largest absolute Gasteiger partial charge is 0.291 e. The molecule has 0 N–H and O–H groups in total. The molecular formula is C56H40N4. The van der Waals surface area contributed by atoms with Crippen LogP contribution in [0.15, 0.2) is 218 Å². The van der Waals surface area contributed by atoms with Crippen LogP contribution in [0.2, 0.25) is 0 Å². The summed E-state index contributed by atoms with van der Waals surface area (Å²) in [5.74, 6) is 2.09. The smallest absolute Gasteiger partial charge is 0.166 e. The first kappa shape index (κ1) is 34.2. The van der Waals surface area contributed by atoms with Crippen LogP contribution in [0.1, 0.15) is 11.1 Å². The van der Waals surface area contributed by atoms with E-state index in [0.717, 1.165) is 57.1 Å². The molecule has 284 valence electrons. The number of hydrogen-bond donors (Lipinski definition) is 0. The predicted molar refractivity (Wildman–Crippen MR) is 254 cm³/mol. The van der Waals surface area contributed by atoms with Crippen LogP contribution in [0.3, 0.4) is 0 Å². The molecule has 0 amide bonds. The summed E-state index contributed by atoms with van der Waals surface area (Å²) in [4.78, 5) is 10.0. The number of rotatable bonds is 4. The normalized spacial score (nSPS) is 14.8. The Hall–Kier alpha value is -7.82. The molecule has 10 aromatic carbocycles. The van der Waals surface area contributed by atoms with Crippen molar-refractivity contribution in [3.05, 3.63) is 229 Å². The molecule has 2 heterocycles. The molecule has 0 unspecified atom stereocenters. The molecule has 0 bridgehead atoms. The van der Waals surface area contributed by atoms with Gasteiger partial charge in [-0.1, -0.05) is 146 Å². The quantitative estimate of drug-likeness (QED) is 0.177. The highest BCUT2D eigenvalue weighted by Crippen LogP contribution is 2.59. The van der Waals surface area contributed by atoms with Crippen molar-refractivity contribution in [2.45, 2.75) is 13.8 Å².